The number of halogens is 3. The summed E-state index contributed by atoms with van der Waals surface area (Å²) in [7, 11) is 1.57. The minimum Gasteiger partial charge on any atom is -0.328 e. The third kappa shape index (κ3) is 2.72. The van der Waals surface area contributed by atoms with Gasteiger partial charge in [0.1, 0.15) is 11.9 Å². The standard InChI is InChI=1S/C14H10F3N3/c1-20(12-5-3-2-4-10(12)9-18)13-8-11(6-7-19-13)14(15,16)17/h2-8H,1H3. The summed E-state index contributed by atoms with van der Waals surface area (Å²) in [6, 6.07) is 10.5. The highest BCUT2D eigenvalue weighted by Gasteiger charge is 2.31. The Hall–Kier alpha value is -2.55. The largest absolute Gasteiger partial charge is 0.416 e. The zero-order valence-electron chi connectivity index (χ0n) is 10.5. The van der Waals surface area contributed by atoms with Gasteiger partial charge < -0.3 is 4.90 Å². The van der Waals surface area contributed by atoms with Crippen LogP contribution in [-0.2, 0) is 6.18 Å². The summed E-state index contributed by atoms with van der Waals surface area (Å²) < 4.78 is 38.0. The van der Waals surface area contributed by atoms with Crippen LogP contribution in [0.5, 0.6) is 0 Å². The summed E-state index contributed by atoms with van der Waals surface area (Å²) in [6.45, 7) is 0. The van der Waals surface area contributed by atoms with Crippen LogP contribution in [0, 0.1) is 11.3 Å². The van der Waals surface area contributed by atoms with Crippen LogP contribution >= 0.6 is 0 Å². The van der Waals surface area contributed by atoms with Crippen molar-refractivity contribution in [3.8, 4) is 6.07 Å². The molecular weight excluding hydrogens is 267 g/mol. The van der Waals surface area contributed by atoms with E-state index in [4.69, 9.17) is 5.26 Å². The maximum Gasteiger partial charge on any atom is 0.416 e. The maximum absolute atomic E-state index is 12.7. The smallest absolute Gasteiger partial charge is 0.328 e. The molecule has 1 aromatic carbocycles. The normalized spacial score (nSPS) is 10.9. The SMILES string of the molecule is CN(c1cc(C(F)(F)F)ccn1)c1ccccc1C#N. The number of benzene rings is 1. The lowest BCUT2D eigenvalue weighted by molar-refractivity contribution is -0.137. The van der Waals surface area contributed by atoms with Gasteiger partial charge in [-0.1, -0.05) is 12.1 Å². The van der Waals surface area contributed by atoms with Crippen molar-refractivity contribution in [2.45, 2.75) is 6.18 Å². The fourth-order valence-corrected chi connectivity index (χ4v) is 1.76. The van der Waals surface area contributed by atoms with Gasteiger partial charge in [0, 0.05) is 13.2 Å². The molecule has 2 rings (SSSR count). The minimum atomic E-state index is -4.42. The van der Waals surface area contributed by atoms with E-state index in [1.54, 1.807) is 31.3 Å². The van der Waals surface area contributed by atoms with Crippen LogP contribution in [0.1, 0.15) is 11.1 Å². The van der Waals surface area contributed by atoms with Crippen LogP contribution in [-0.4, -0.2) is 12.0 Å². The molecule has 1 aromatic heterocycles. The second kappa shape index (κ2) is 5.21. The van der Waals surface area contributed by atoms with Gasteiger partial charge in [-0.15, -0.1) is 0 Å². The van der Waals surface area contributed by atoms with Crippen molar-refractivity contribution in [2.75, 3.05) is 11.9 Å². The summed E-state index contributed by atoms with van der Waals surface area (Å²) in [5, 5.41) is 9.02. The summed E-state index contributed by atoms with van der Waals surface area (Å²) in [6.07, 6.45) is -3.32. The minimum absolute atomic E-state index is 0.127. The Kier molecular flexibility index (Phi) is 3.61. The van der Waals surface area contributed by atoms with E-state index >= 15 is 0 Å². The Balaban J connectivity index is 2.44. The quantitative estimate of drug-likeness (QED) is 0.839. The van der Waals surface area contributed by atoms with E-state index in [9.17, 15) is 13.2 Å². The van der Waals surface area contributed by atoms with Crippen LogP contribution in [0.15, 0.2) is 42.6 Å². The molecule has 0 aliphatic carbocycles. The second-order valence-corrected chi connectivity index (χ2v) is 4.09. The van der Waals surface area contributed by atoms with Gasteiger partial charge in [-0.25, -0.2) is 4.98 Å². The molecule has 0 fully saturated rings. The number of anilines is 2. The lowest BCUT2D eigenvalue weighted by Crippen LogP contribution is -2.14. The van der Waals surface area contributed by atoms with E-state index < -0.39 is 11.7 Å². The highest BCUT2D eigenvalue weighted by atomic mass is 19.4. The number of rotatable bonds is 2. The average Bonchev–Trinajstić information content (AvgIpc) is 2.45. The van der Waals surface area contributed by atoms with Crippen LogP contribution in [0.25, 0.3) is 0 Å². The molecule has 0 N–H and O–H groups in total. The predicted octanol–water partition coefficient (Wildman–Crippen LogP) is 3.74. The molecule has 0 aliphatic heterocycles. The van der Waals surface area contributed by atoms with Crippen molar-refractivity contribution >= 4 is 11.5 Å². The van der Waals surface area contributed by atoms with Crippen LogP contribution in [0.2, 0.25) is 0 Å². The van der Waals surface area contributed by atoms with Crippen molar-refractivity contribution in [2.24, 2.45) is 0 Å². The Bertz CT molecular complexity index is 659. The first-order valence-electron chi connectivity index (χ1n) is 5.69. The van der Waals surface area contributed by atoms with Crippen molar-refractivity contribution in [3.05, 3.63) is 53.7 Å². The first-order valence-corrected chi connectivity index (χ1v) is 5.69. The molecule has 0 saturated heterocycles. The van der Waals surface area contributed by atoms with Crippen molar-refractivity contribution in [1.82, 2.24) is 4.98 Å². The third-order valence-corrected chi connectivity index (χ3v) is 2.80. The molecule has 0 bridgehead atoms. The highest BCUT2D eigenvalue weighted by Crippen LogP contribution is 2.32. The molecule has 0 spiro atoms. The van der Waals surface area contributed by atoms with E-state index in [-0.39, 0.29) is 5.82 Å². The number of nitriles is 1. The van der Waals surface area contributed by atoms with Gasteiger partial charge in [0.25, 0.3) is 0 Å². The van der Waals surface area contributed by atoms with E-state index in [1.807, 2.05) is 6.07 Å². The molecule has 102 valence electrons. The lowest BCUT2D eigenvalue weighted by Gasteiger charge is -2.20. The molecule has 3 nitrogen and oxygen atoms in total. The second-order valence-electron chi connectivity index (χ2n) is 4.09. The Morgan fingerprint density at radius 3 is 2.55 bits per heavy atom. The topological polar surface area (TPSA) is 39.9 Å². The zero-order chi connectivity index (χ0) is 14.8. The summed E-state index contributed by atoms with van der Waals surface area (Å²) in [5.74, 6) is 0.127. The Morgan fingerprint density at radius 1 is 1.20 bits per heavy atom. The molecule has 0 aliphatic rings. The van der Waals surface area contributed by atoms with E-state index in [2.05, 4.69) is 4.98 Å². The number of nitrogens with zero attached hydrogens (tertiary/aromatic N) is 3. The fraction of sp³-hybridized carbons (Fsp3) is 0.143. The van der Waals surface area contributed by atoms with E-state index in [1.165, 1.54) is 4.90 Å². The molecule has 6 heteroatoms. The van der Waals surface area contributed by atoms with Crippen LogP contribution in [0.4, 0.5) is 24.7 Å². The van der Waals surface area contributed by atoms with Crippen molar-refractivity contribution in [3.63, 3.8) is 0 Å². The van der Waals surface area contributed by atoms with Crippen LogP contribution < -0.4 is 4.90 Å². The first-order chi connectivity index (χ1) is 9.43. The van der Waals surface area contributed by atoms with Gasteiger partial charge in [0.2, 0.25) is 0 Å². The third-order valence-electron chi connectivity index (χ3n) is 2.80. The summed E-state index contributed by atoms with van der Waals surface area (Å²) in [4.78, 5) is 5.37. The number of para-hydroxylation sites is 1. The van der Waals surface area contributed by atoms with Gasteiger partial charge in [-0.05, 0) is 24.3 Å². The van der Waals surface area contributed by atoms with E-state index in [0.29, 0.717) is 11.3 Å². The Labute approximate surface area is 113 Å². The molecule has 0 amide bonds. The molecule has 0 radical (unpaired) electrons. The molecule has 0 atom stereocenters. The zero-order valence-corrected chi connectivity index (χ0v) is 10.5. The highest BCUT2D eigenvalue weighted by molar-refractivity contribution is 5.66. The number of hydrogen-bond donors (Lipinski definition) is 0. The van der Waals surface area contributed by atoms with Gasteiger partial charge in [0.15, 0.2) is 0 Å². The lowest BCUT2D eigenvalue weighted by atomic mass is 10.1. The molecule has 20 heavy (non-hydrogen) atoms. The van der Waals surface area contributed by atoms with E-state index in [0.717, 1.165) is 18.3 Å². The number of pyridine rings is 1. The molecule has 0 saturated carbocycles. The molecular formula is C14H10F3N3. The number of alkyl halides is 3. The average molecular weight is 277 g/mol. The fourth-order valence-electron chi connectivity index (χ4n) is 1.76. The van der Waals surface area contributed by atoms with Crippen molar-refractivity contribution < 1.29 is 13.2 Å². The van der Waals surface area contributed by atoms with Gasteiger partial charge in [-0.2, -0.15) is 18.4 Å². The first kappa shape index (κ1) is 13.9. The van der Waals surface area contributed by atoms with Crippen LogP contribution in [0.3, 0.4) is 0 Å². The predicted molar refractivity (Wildman–Crippen MR) is 68.5 cm³/mol. The monoisotopic (exact) mass is 277 g/mol. The van der Waals surface area contributed by atoms with Gasteiger partial charge >= 0.3 is 6.18 Å². The molecule has 2 aromatic rings. The molecule has 0 unspecified atom stereocenters. The van der Waals surface area contributed by atoms with Gasteiger partial charge in [0.05, 0.1) is 16.8 Å². The Morgan fingerprint density at radius 2 is 1.90 bits per heavy atom. The van der Waals surface area contributed by atoms with Gasteiger partial charge in [-0.3, -0.25) is 0 Å². The number of aromatic nitrogens is 1. The maximum atomic E-state index is 12.7. The summed E-state index contributed by atoms with van der Waals surface area (Å²) in [5.41, 5.74) is 0.0971. The number of hydrogen-bond acceptors (Lipinski definition) is 3. The van der Waals surface area contributed by atoms with Crippen molar-refractivity contribution in [1.29, 1.82) is 5.26 Å². The summed E-state index contributed by atoms with van der Waals surface area (Å²) >= 11 is 0. The molecule has 1 heterocycles.